The van der Waals surface area contributed by atoms with Crippen molar-refractivity contribution in [2.45, 2.75) is 162 Å². The number of hydrogen-bond donors (Lipinski definition) is 0. The molecule has 13 rings (SSSR count). The van der Waals surface area contributed by atoms with Gasteiger partial charge in [-0.1, -0.05) is 217 Å². The van der Waals surface area contributed by atoms with Crippen molar-refractivity contribution >= 4 is 32.8 Å². The molecule has 0 fully saturated rings. The number of hydrogen-bond acceptors (Lipinski definition) is 2. The van der Waals surface area contributed by atoms with E-state index in [0.29, 0.717) is 34.6 Å². The molecule has 0 spiro atoms. The zero-order valence-corrected chi connectivity index (χ0v) is 49.9. The third kappa shape index (κ3) is 10.2. The van der Waals surface area contributed by atoms with Crippen molar-refractivity contribution in [3.05, 3.63) is 221 Å². The molecule has 11 aromatic rings. The van der Waals surface area contributed by atoms with Crippen LogP contribution in [-0.4, -0.2) is 14.1 Å². The van der Waals surface area contributed by atoms with E-state index in [2.05, 4.69) is 18.5 Å². The van der Waals surface area contributed by atoms with Crippen molar-refractivity contribution in [2.75, 3.05) is 0 Å². The zero-order valence-electron chi connectivity index (χ0n) is 87.6. The number of ether oxygens (including phenoxy) is 1. The molecule has 0 radical (unpaired) electrons. The Morgan fingerprint density at radius 1 is 0.628 bits per heavy atom. The van der Waals surface area contributed by atoms with Gasteiger partial charge >= 0.3 is 0 Å². The molecular formula is C80H82N4OPt-2. The van der Waals surface area contributed by atoms with Gasteiger partial charge in [-0.2, -0.15) is 18.2 Å². The van der Waals surface area contributed by atoms with E-state index in [1.807, 2.05) is 94.6 Å². The number of pyridine rings is 1. The number of aromatic nitrogens is 4. The first kappa shape index (κ1) is 28.2. The third-order valence-corrected chi connectivity index (χ3v) is 15.7. The first-order chi connectivity index (χ1) is 56.6. The fraction of sp³-hybridized carbons (Fsp3) is 0.325. The van der Waals surface area contributed by atoms with Crippen molar-refractivity contribution < 1.29 is 85.2 Å². The zero-order chi connectivity index (χ0) is 93.9. The van der Waals surface area contributed by atoms with Gasteiger partial charge in [-0.15, -0.1) is 29.7 Å². The van der Waals surface area contributed by atoms with E-state index in [0.717, 1.165) is 32.0 Å². The van der Waals surface area contributed by atoms with Gasteiger partial charge < -0.3 is 13.9 Å². The molecule has 8 aromatic carbocycles. The van der Waals surface area contributed by atoms with Crippen LogP contribution in [0.4, 0.5) is 0 Å². The molecule has 0 saturated heterocycles. The molecule has 1 unspecified atom stereocenters. The van der Waals surface area contributed by atoms with E-state index in [-0.39, 0.29) is 61.6 Å². The number of nitrogens with zero attached hydrogens (tertiary/aromatic N) is 4. The number of benzene rings is 8. The number of rotatable bonds is 8. The SMILES string of the molecule is [2H]c1c([2H])c2c(c([2H])c1-c1cc(C([2H])([2H])[2H])cc(-c3c([2H])c([2H])c4c(c3[2H])C(C([2H])([2H])[2H])(C([2H])([2H])[2H])C([2H])([2H])C([2H])(C)C4(C([2H])([2H])[2H])C([2H])([2H])[2H])c1-[n+]1[c-]n(-c3[c-]c(Oc4[c-]c5c(cc4)c4ccccc4n5-c4cc(C(C)(C)C)ccn4)ccc3)c3cc(-c4ccc(C(C)(C)C)cc4)ccc31)C(C([2H])([2H])[2H])(C([2H])([2H])[2H])C([2H])([2H])C([2H])([2H])C2(C([2H])([2H])[2H])C([2H])([2H])[2H].[Pt]. The quantitative estimate of drug-likeness (QED) is 0.112. The summed E-state index contributed by atoms with van der Waals surface area (Å²) in [6.45, 7) is -28.2. The summed E-state index contributed by atoms with van der Waals surface area (Å²) in [5, 5.41) is 1.55. The second kappa shape index (κ2) is 20.9. The molecule has 86 heavy (non-hydrogen) atoms. The summed E-state index contributed by atoms with van der Waals surface area (Å²) >= 11 is 0. The number of imidazole rings is 1. The molecule has 0 bridgehead atoms. The van der Waals surface area contributed by atoms with Gasteiger partial charge in [-0.25, -0.2) is 4.98 Å². The Morgan fingerprint density at radius 3 is 1.98 bits per heavy atom. The first-order valence-corrected chi connectivity index (χ1v) is 27.3. The maximum Gasteiger partial charge on any atom is 0.268 e. The van der Waals surface area contributed by atoms with E-state index in [1.165, 1.54) is 41.0 Å². The van der Waals surface area contributed by atoms with Crippen LogP contribution < -0.4 is 9.30 Å². The minimum absolute atomic E-state index is 0. The van der Waals surface area contributed by atoms with Crippen LogP contribution >= 0.6 is 0 Å². The Balaban J connectivity index is 0.0000144. The molecule has 2 aliphatic carbocycles. The average molecular weight is 1350 g/mol. The average Bonchev–Trinajstić information content (AvgIpc) is 0.681. The minimum atomic E-state index is -4.97. The third-order valence-electron chi connectivity index (χ3n) is 15.7. The normalized spacial score (nSPS) is 27.6. The minimum Gasteiger partial charge on any atom is -0.510 e. The van der Waals surface area contributed by atoms with Gasteiger partial charge in [0.05, 0.1) is 24.9 Å². The first-order valence-electron chi connectivity index (χ1n) is 47.3. The topological polar surface area (TPSA) is 35.9 Å². The van der Waals surface area contributed by atoms with Crippen LogP contribution in [0.3, 0.4) is 0 Å². The molecule has 6 heteroatoms. The number of fused-ring (bicyclic) bond motifs is 6. The van der Waals surface area contributed by atoms with Gasteiger partial charge in [0.2, 0.25) is 0 Å². The standard InChI is InChI=1S/C80H82N4O.Pt/c1-50-40-63(54-26-33-65-67(42-54)78(11,12)38-37-77(65,9)10)74(64(41-50)55-27-34-66-68(43-55)79(13,14)48-51(2)80(66,15)16)83-49-82(72-44-53(28-35-70(72)83)52-24-29-56(30-25-52)75(3,4)5)58-20-19-21-59(46-58)85-60-31-32-62-61-22-17-18-23-69(61)84(71(62)47-60)73-45-57(36-39-81-73)76(6,7)8;/h17-36,39-45,51H,37-38,48H2,1-16H3;/q-2;/i1D3,9D3,10D3,11D3,12D3,13D3,14D3,15D3,16D3,26D,27D,33D,34D,37D2,38D2,42D,43D,48D2,51D;. The van der Waals surface area contributed by atoms with Crippen molar-refractivity contribution in [1.82, 2.24) is 14.1 Å². The Bertz CT molecular complexity index is 6010. The van der Waals surface area contributed by atoms with Crippen LogP contribution in [-0.2, 0) is 53.6 Å². The summed E-state index contributed by atoms with van der Waals surface area (Å²) < 4.78 is 389. The second-order valence-electron chi connectivity index (χ2n) is 23.8. The molecule has 0 amide bonds. The van der Waals surface area contributed by atoms with Crippen LogP contribution in [0, 0.1) is 31.2 Å². The van der Waals surface area contributed by atoms with Crippen molar-refractivity contribution in [1.29, 1.82) is 0 Å². The molecule has 1 atom stereocenters. The second-order valence-corrected chi connectivity index (χ2v) is 23.8. The van der Waals surface area contributed by atoms with E-state index in [9.17, 15) is 38.4 Å². The molecule has 3 heterocycles. The van der Waals surface area contributed by atoms with Crippen molar-refractivity contribution in [2.24, 2.45) is 5.89 Å². The number of aryl methyl sites for hydroxylation is 1. The monoisotopic (exact) mass is 1350 g/mol. The molecule has 0 saturated carbocycles. The van der Waals surface area contributed by atoms with Crippen molar-refractivity contribution in [3.8, 4) is 62.1 Å². The Hall–Kier alpha value is -7.33. The molecular weight excluding hydrogens is 1230 g/mol. The summed E-state index contributed by atoms with van der Waals surface area (Å²) in [6.07, 6.45) is -9.72. The van der Waals surface area contributed by atoms with Crippen LogP contribution in [0.25, 0.3) is 83.4 Å². The van der Waals surface area contributed by atoms with E-state index in [4.69, 9.17) is 26.2 Å². The van der Waals surface area contributed by atoms with Crippen LogP contribution in [0.5, 0.6) is 11.5 Å². The van der Waals surface area contributed by atoms with Crippen LogP contribution in [0.2, 0.25) is 0 Å². The van der Waals surface area contributed by atoms with Crippen molar-refractivity contribution in [3.63, 3.8) is 0 Å². The molecule has 2 aliphatic rings. The molecule has 5 nitrogen and oxygen atoms in total. The fourth-order valence-corrected chi connectivity index (χ4v) is 11.1. The maximum absolute atomic E-state index is 10.7. The summed E-state index contributed by atoms with van der Waals surface area (Å²) in [4.78, 5) is 4.78. The molecule has 0 aliphatic heterocycles. The van der Waals surface area contributed by atoms with Gasteiger partial charge in [0.15, 0.2) is 0 Å². The van der Waals surface area contributed by atoms with E-state index >= 15 is 0 Å². The van der Waals surface area contributed by atoms with E-state index in [1.54, 1.807) is 30.5 Å². The Labute approximate surface area is 582 Å². The maximum atomic E-state index is 10.7. The Kier molecular flexibility index (Phi) is 6.87. The fourth-order valence-electron chi connectivity index (χ4n) is 11.1. The van der Waals surface area contributed by atoms with E-state index < -0.39 is 206 Å². The summed E-state index contributed by atoms with van der Waals surface area (Å²) in [7, 11) is 0. The molecule has 3 aromatic heterocycles. The molecule has 440 valence electrons. The van der Waals surface area contributed by atoms with Gasteiger partial charge in [0, 0.05) is 90.9 Å². The summed E-state index contributed by atoms with van der Waals surface area (Å²) in [6, 6.07) is 27.3. The van der Waals surface area contributed by atoms with Crippen LogP contribution in [0.1, 0.15) is 216 Å². The number of para-hydroxylation sites is 1. The smallest absolute Gasteiger partial charge is 0.268 e. The predicted octanol–water partition coefficient (Wildman–Crippen LogP) is 20.4. The summed E-state index contributed by atoms with van der Waals surface area (Å²) in [5.41, 5.74) is -31.6. The molecule has 0 N–H and O–H groups in total. The van der Waals surface area contributed by atoms with Crippen LogP contribution in [0.15, 0.2) is 164 Å². The van der Waals surface area contributed by atoms with Gasteiger partial charge in [-0.3, -0.25) is 4.57 Å². The van der Waals surface area contributed by atoms with Gasteiger partial charge in [0.25, 0.3) is 6.33 Å². The summed E-state index contributed by atoms with van der Waals surface area (Å²) in [5.74, 6) is -3.61. The Morgan fingerprint density at radius 2 is 1.29 bits per heavy atom. The predicted molar refractivity (Wildman–Crippen MR) is 354 cm³/mol. The van der Waals surface area contributed by atoms with Gasteiger partial charge in [0.1, 0.15) is 5.82 Å². The largest absolute Gasteiger partial charge is 0.510 e. The van der Waals surface area contributed by atoms with Gasteiger partial charge in [-0.05, 0) is 166 Å².